The third-order valence-electron chi connectivity index (χ3n) is 2.48. The van der Waals surface area contributed by atoms with Crippen molar-refractivity contribution in [1.82, 2.24) is 4.98 Å². The normalized spacial score (nSPS) is 10.2. The smallest absolute Gasteiger partial charge is 0.305 e. The van der Waals surface area contributed by atoms with E-state index in [1.54, 1.807) is 0 Å². The van der Waals surface area contributed by atoms with Crippen LogP contribution in [-0.2, 0) is 16.0 Å². The second-order valence-electron chi connectivity index (χ2n) is 3.82. The van der Waals surface area contributed by atoms with Gasteiger partial charge in [-0.3, -0.25) is 4.79 Å². The Balaban J connectivity index is 1.98. The fourth-order valence-corrected chi connectivity index (χ4v) is 2.63. The van der Waals surface area contributed by atoms with Crippen LogP contribution < -0.4 is 5.32 Å². The van der Waals surface area contributed by atoms with E-state index in [1.807, 2.05) is 29.6 Å². The third kappa shape index (κ3) is 4.04. The summed E-state index contributed by atoms with van der Waals surface area (Å²) in [4.78, 5) is 15.5. The molecule has 100 valence electrons. The van der Waals surface area contributed by atoms with Gasteiger partial charge in [-0.2, -0.15) is 0 Å². The van der Waals surface area contributed by atoms with Gasteiger partial charge in [-0.25, -0.2) is 4.98 Å². The highest BCUT2D eigenvalue weighted by Crippen LogP contribution is 2.27. The summed E-state index contributed by atoms with van der Waals surface area (Å²) in [7, 11) is 1.39. The Morgan fingerprint density at radius 2 is 2.26 bits per heavy atom. The summed E-state index contributed by atoms with van der Waals surface area (Å²) in [5.41, 5.74) is 1.86. The highest BCUT2D eigenvalue weighted by Gasteiger charge is 2.07. The largest absolute Gasteiger partial charge is 0.469 e. The van der Waals surface area contributed by atoms with E-state index in [4.69, 9.17) is 0 Å². The Hall–Kier alpha value is -1.40. The molecular formula is C13H13BrN2O2S. The molecule has 1 N–H and O–H groups in total. The van der Waals surface area contributed by atoms with Crippen molar-refractivity contribution in [3.63, 3.8) is 0 Å². The SMILES string of the molecule is COC(=O)CCc1csc(Nc2ccccc2Br)n1. The fourth-order valence-electron chi connectivity index (χ4n) is 1.49. The first-order chi connectivity index (χ1) is 9.19. The van der Waals surface area contributed by atoms with Crippen LogP contribution in [0.4, 0.5) is 10.8 Å². The molecule has 0 saturated carbocycles. The summed E-state index contributed by atoms with van der Waals surface area (Å²) in [6, 6.07) is 7.85. The molecule has 0 aliphatic carbocycles. The van der Waals surface area contributed by atoms with Gasteiger partial charge in [0.25, 0.3) is 0 Å². The maximum absolute atomic E-state index is 11.1. The number of nitrogens with one attached hydrogen (secondary N) is 1. The van der Waals surface area contributed by atoms with Crippen molar-refractivity contribution in [2.24, 2.45) is 0 Å². The Labute approximate surface area is 124 Å². The van der Waals surface area contributed by atoms with Gasteiger partial charge in [0.15, 0.2) is 5.13 Å². The molecule has 0 radical (unpaired) electrons. The number of aromatic nitrogens is 1. The first-order valence-electron chi connectivity index (χ1n) is 5.72. The Kier molecular flexibility index (Phi) is 4.93. The van der Waals surface area contributed by atoms with Gasteiger partial charge < -0.3 is 10.1 Å². The first-order valence-corrected chi connectivity index (χ1v) is 7.39. The topological polar surface area (TPSA) is 51.2 Å². The molecule has 2 aromatic rings. The lowest BCUT2D eigenvalue weighted by atomic mass is 10.2. The van der Waals surface area contributed by atoms with Crippen LogP contribution in [0.5, 0.6) is 0 Å². The molecule has 0 spiro atoms. The molecule has 19 heavy (non-hydrogen) atoms. The van der Waals surface area contributed by atoms with Gasteiger partial charge in [0, 0.05) is 16.3 Å². The number of methoxy groups -OCH3 is 1. The number of thiazole rings is 1. The van der Waals surface area contributed by atoms with E-state index in [9.17, 15) is 4.79 Å². The lowest BCUT2D eigenvalue weighted by Crippen LogP contribution is -2.02. The molecule has 0 atom stereocenters. The molecule has 1 heterocycles. The second-order valence-corrected chi connectivity index (χ2v) is 5.54. The number of hydrogen-bond acceptors (Lipinski definition) is 5. The van der Waals surface area contributed by atoms with Gasteiger partial charge in [-0.15, -0.1) is 11.3 Å². The van der Waals surface area contributed by atoms with E-state index in [0.717, 1.165) is 21.0 Å². The minimum Gasteiger partial charge on any atom is -0.469 e. The molecule has 0 amide bonds. The van der Waals surface area contributed by atoms with Crippen molar-refractivity contribution in [3.8, 4) is 0 Å². The molecule has 0 saturated heterocycles. The number of rotatable bonds is 5. The van der Waals surface area contributed by atoms with Crippen LogP contribution in [0, 0.1) is 0 Å². The first kappa shape index (κ1) is 14.0. The molecule has 4 nitrogen and oxygen atoms in total. The van der Waals surface area contributed by atoms with E-state index in [0.29, 0.717) is 12.8 Å². The number of anilines is 2. The number of aryl methyl sites for hydroxylation is 1. The van der Waals surface area contributed by atoms with E-state index in [-0.39, 0.29) is 5.97 Å². The molecule has 1 aromatic heterocycles. The number of benzene rings is 1. The van der Waals surface area contributed by atoms with Crippen molar-refractivity contribution >= 4 is 44.1 Å². The number of hydrogen-bond donors (Lipinski definition) is 1. The molecule has 0 unspecified atom stereocenters. The van der Waals surface area contributed by atoms with Gasteiger partial charge in [0.2, 0.25) is 0 Å². The van der Waals surface area contributed by atoms with Crippen LogP contribution >= 0.6 is 27.3 Å². The molecule has 2 rings (SSSR count). The lowest BCUT2D eigenvalue weighted by Gasteiger charge is -2.04. The van der Waals surface area contributed by atoms with E-state index in [1.165, 1.54) is 18.4 Å². The number of para-hydroxylation sites is 1. The van der Waals surface area contributed by atoms with Crippen LogP contribution in [0.15, 0.2) is 34.1 Å². The monoisotopic (exact) mass is 340 g/mol. The van der Waals surface area contributed by atoms with E-state index in [2.05, 4.69) is 31.0 Å². The van der Waals surface area contributed by atoms with Crippen molar-refractivity contribution in [2.45, 2.75) is 12.8 Å². The number of halogens is 1. The predicted octanol–water partition coefficient (Wildman–Crippen LogP) is 3.75. The zero-order valence-electron chi connectivity index (χ0n) is 10.4. The fraction of sp³-hybridized carbons (Fsp3) is 0.231. The van der Waals surface area contributed by atoms with Gasteiger partial charge in [-0.05, 0) is 28.1 Å². The third-order valence-corrected chi connectivity index (χ3v) is 3.98. The van der Waals surface area contributed by atoms with Crippen molar-refractivity contribution in [3.05, 3.63) is 39.8 Å². The molecule has 0 fully saturated rings. The van der Waals surface area contributed by atoms with Crippen LogP contribution in [0.25, 0.3) is 0 Å². The zero-order valence-corrected chi connectivity index (χ0v) is 12.8. The highest BCUT2D eigenvalue weighted by atomic mass is 79.9. The predicted molar refractivity (Wildman–Crippen MR) is 79.9 cm³/mol. The average molecular weight is 341 g/mol. The van der Waals surface area contributed by atoms with Crippen LogP contribution in [-0.4, -0.2) is 18.1 Å². The molecule has 6 heteroatoms. The molecule has 1 aromatic carbocycles. The second kappa shape index (κ2) is 6.68. The maximum Gasteiger partial charge on any atom is 0.305 e. The van der Waals surface area contributed by atoms with Crippen LogP contribution in [0.1, 0.15) is 12.1 Å². The lowest BCUT2D eigenvalue weighted by molar-refractivity contribution is -0.140. The standard InChI is InChI=1S/C13H13BrN2O2S/c1-18-12(17)7-6-9-8-19-13(15-9)16-11-5-3-2-4-10(11)14/h2-5,8H,6-7H2,1H3,(H,15,16). The molecule has 0 bridgehead atoms. The number of esters is 1. The summed E-state index contributed by atoms with van der Waals surface area (Å²) < 4.78 is 5.59. The summed E-state index contributed by atoms with van der Waals surface area (Å²) in [6.45, 7) is 0. The Morgan fingerprint density at radius 3 is 3.00 bits per heavy atom. The number of carbonyl (C=O) groups is 1. The Morgan fingerprint density at radius 1 is 1.47 bits per heavy atom. The van der Waals surface area contributed by atoms with E-state index < -0.39 is 0 Å². The molecule has 0 aliphatic rings. The quantitative estimate of drug-likeness (QED) is 0.842. The minimum atomic E-state index is -0.215. The van der Waals surface area contributed by atoms with Crippen LogP contribution in [0.3, 0.4) is 0 Å². The van der Waals surface area contributed by atoms with E-state index >= 15 is 0 Å². The summed E-state index contributed by atoms with van der Waals surface area (Å²) in [5, 5.41) is 6.00. The zero-order chi connectivity index (χ0) is 13.7. The van der Waals surface area contributed by atoms with Crippen molar-refractivity contribution < 1.29 is 9.53 Å². The van der Waals surface area contributed by atoms with Gasteiger partial charge in [-0.1, -0.05) is 12.1 Å². The van der Waals surface area contributed by atoms with Crippen molar-refractivity contribution in [2.75, 3.05) is 12.4 Å². The molecule has 0 aliphatic heterocycles. The summed E-state index contributed by atoms with van der Waals surface area (Å²) >= 11 is 4.99. The number of ether oxygens (including phenoxy) is 1. The summed E-state index contributed by atoms with van der Waals surface area (Å²) in [5.74, 6) is -0.215. The number of carbonyl (C=O) groups excluding carboxylic acids is 1. The average Bonchev–Trinajstić information content (AvgIpc) is 2.86. The van der Waals surface area contributed by atoms with Crippen LogP contribution in [0.2, 0.25) is 0 Å². The Bertz CT molecular complexity index is 571. The highest BCUT2D eigenvalue weighted by molar-refractivity contribution is 9.10. The van der Waals surface area contributed by atoms with Gasteiger partial charge in [0.05, 0.1) is 24.9 Å². The van der Waals surface area contributed by atoms with Gasteiger partial charge >= 0.3 is 5.97 Å². The minimum absolute atomic E-state index is 0.215. The van der Waals surface area contributed by atoms with Gasteiger partial charge in [0.1, 0.15) is 0 Å². The number of nitrogens with zero attached hydrogens (tertiary/aromatic N) is 1. The molecular weight excluding hydrogens is 328 g/mol. The maximum atomic E-state index is 11.1. The van der Waals surface area contributed by atoms with Crippen molar-refractivity contribution in [1.29, 1.82) is 0 Å². The summed E-state index contributed by atoms with van der Waals surface area (Å²) in [6.07, 6.45) is 0.954.